The van der Waals surface area contributed by atoms with Crippen LogP contribution in [0.25, 0.3) is 0 Å². The third-order valence-corrected chi connectivity index (χ3v) is 7.64. The molecule has 0 spiro atoms. The number of carbonyl (C=O) groups is 1. The van der Waals surface area contributed by atoms with Crippen molar-refractivity contribution in [1.29, 1.82) is 0 Å². The van der Waals surface area contributed by atoms with E-state index < -0.39 is 7.14 Å². The quantitative estimate of drug-likeness (QED) is 0.207. The van der Waals surface area contributed by atoms with Gasteiger partial charge in [0.15, 0.2) is 0 Å². The predicted molar refractivity (Wildman–Crippen MR) is 99.2 cm³/mol. The second-order valence-electron chi connectivity index (χ2n) is 6.63. The summed E-state index contributed by atoms with van der Waals surface area (Å²) in [5.41, 5.74) is 0. The lowest BCUT2D eigenvalue weighted by molar-refractivity contribution is -0.104. The fourth-order valence-electron chi connectivity index (χ4n) is 3.10. The minimum absolute atomic E-state index is 0.533. The van der Waals surface area contributed by atoms with Crippen molar-refractivity contribution in [3.05, 3.63) is 11.9 Å². The number of carbonyl (C=O) groups excluding carboxylic acids is 1. The smallest absolute Gasteiger partial charge is 0.142 e. The van der Waals surface area contributed by atoms with E-state index in [0.29, 0.717) is 11.8 Å². The van der Waals surface area contributed by atoms with Crippen LogP contribution in [0.1, 0.15) is 79.1 Å². The van der Waals surface area contributed by atoms with Gasteiger partial charge >= 0.3 is 0 Å². The molecule has 3 heteroatoms. The molecule has 130 valence electrons. The molecule has 0 aromatic rings. The first-order valence-electron chi connectivity index (χ1n) is 9.25. The molecule has 0 saturated heterocycles. The number of allylic oxidation sites excluding steroid dienone is 1. The SMILES string of the molecule is CCCCC(CC)CP(=O)(C=CC=O)CC(CC)CCCC. The van der Waals surface area contributed by atoms with Crippen LogP contribution in [0.2, 0.25) is 0 Å². The van der Waals surface area contributed by atoms with Crippen molar-refractivity contribution in [2.24, 2.45) is 11.8 Å². The second kappa shape index (κ2) is 13.1. The van der Waals surface area contributed by atoms with Gasteiger partial charge in [0.2, 0.25) is 0 Å². The molecule has 0 rings (SSSR count). The lowest BCUT2D eigenvalue weighted by atomic mass is 10.0. The number of unbranched alkanes of at least 4 members (excludes halogenated alkanes) is 2. The van der Waals surface area contributed by atoms with Crippen molar-refractivity contribution < 1.29 is 9.36 Å². The highest BCUT2D eigenvalue weighted by Gasteiger charge is 2.26. The highest BCUT2D eigenvalue weighted by molar-refractivity contribution is 7.67. The van der Waals surface area contributed by atoms with Gasteiger partial charge in [0.1, 0.15) is 13.4 Å². The summed E-state index contributed by atoms with van der Waals surface area (Å²) in [5, 5.41) is 0. The zero-order chi connectivity index (χ0) is 16.8. The summed E-state index contributed by atoms with van der Waals surface area (Å²) in [6.07, 6.45) is 13.1. The maximum atomic E-state index is 13.4. The summed E-state index contributed by atoms with van der Waals surface area (Å²) in [7, 11) is -2.37. The summed E-state index contributed by atoms with van der Waals surface area (Å²) in [4.78, 5) is 10.7. The Hall–Kier alpha value is -0.360. The monoisotopic (exact) mass is 328 g/mol. The Morgan fingerprint density at radius 1 is 0.864 bits per heavy atom. The van der Waals surface area contributed by atoms with E-state index in [1.54, 1.807) is 5.82 Å². The highest BCUT2D eigenvalue weighted by Crippen LogP contribution is 2.52. The van der Waals surface area contributed by atoms with E-state index in [-0.39, 0.29) is 0 Å². The third kappa shape index (κ3) is 9.62. The molecule has 0 aliphatic heterocycles. The Morgan fingerprint density at radius 2 is 1.32 bits per heavy atom. The number of aldehydes is 1. The number of hydrogen-bond acceptors (Lipinski definition) is 2. The number of rotatable bonds is 14. The van der Waals surface area contributed by atoms with Crippen LogP contribution in [0.4, 0.5) is 0 Å². The molecule has 0 aliphatic rings. The fraction of sp³-hybridized carbons (Fsp3) is 0.842. The molecular formula is C19H37O2P. The van der Waals surface area contributed by atoms with Crippen molar-refractivity contribution in [2.75, 3.05) is 12.3 Å². The molecule has 2 unspecified atom stereocenters. The summed E-state index contributed by atoms with van der Waals surface area (Å²) in [5.74, 6) is 2.82. The topological polar surface area (TPSA) is 34.1 Å². The van der Waals surface area contributed by atoms with E-state index in [2.05, 4.69) is 27.7 Å². The first kappa shape index (κ1) is 21.6. The molecule has 22 heavy (non-hydrogen) atoms. The molecule has 0 aromatic carbocycles. The first-order chi connectivity index (χ1) is 10.5. The molecule has 0 heterocycles. The van der Waals surface area contributed by atoms with Crippen molar-refractivity contribution in [3.63, 3.8) is 0 Å². The van der Waals surface area contributed by atoms with E-state index >= 15 is 0 Å². The van der Waals surface area contributed by atoms with Crippen molar-refractivity contribution in [3.8, 4) is 0 Å². The van der Waals surface area contributed by atoms with Crippen molar-refractivity contribution >= 4 is 13.4 Å². The molecule has 0 aliphatic carbocycles. The van der Waals surface area contributed by atoms with E-state index in [9.17, 15) is 9.36 Å². The zero-order valence-corrected chi connectivity index (χ0v) is 16.1. The van der Waals surface area contributed by atoms with Crippen LogP contribution in [0.5, 0.6) is 0 Å². The van der Waals surface area contributed by atoms with E-state index in [1.807, 2.05) is 0 Å². The Balaban J connectivity index is 4.91. The summed E-state index contributed by atoms with van der Waals surface area (Å²) < 4.78 is 13.4. The van der Waals surface area contributed by atoms with Gasteiger partial charge < -0.3 is 4.57 Å². The third-order valence-electron chi connectivity index (χ3n) is 4.66. The van der Waals surface area contributed by atoms with Gasteiger partial charge in [0.05, 0.1) is 0 Å². The van der Waals surface area contributed by atoms with Gasteiger partial charge in [-0.05, 0) is 23.7 Å². The molecular weight excluding hydrogens is 291 g/mol. The van der Waals surface area contributed by atoms with Crippen LogP contribution < -0.4 is 0 Å². The minimum Gasteiger partial charge on any atom is -0.319 e. The van der Waals surface area contributed by atoms with Gasteiger partial charge in [-0.15, -0.1) is 0 Å². The lowest BCUT2D eigenvalue weighted by Crippen LogP contribution is -2.12. The van der Waals surface area contributed by atoms with Crippen molar-refractivity contribution in [1.82, 2.24) is 0 Å². The van der Waals surface area contributed by atoms with Gasteiger partial charge in [-0.25, -0.2) is 0 Å². The average molecular weight is 328 g/mol. The zero-order valence-electron chi connectivity index (χ0n) is 15.2. The van der Waals surface area contributed by atoms with E-state index in [4.69, 9.17) is 0 Å². The molecule has 0 saturated carbocycles. The molecule has 2 atom stereocenters. The second-order valence-corrected chi connectivity index (χ2v) is 9.56. The molecule has 2 nitrogen and oxygen atoms in total. The molecule has 0 radical (unpaired) electrons. The summed E-state index contributed by atoms with van der Waals surface area (Å²) in [6.45, 7) is 8.80. The molecule has 0 fully saturated rings. The molecule has 0 aromatic heterocycles. The Morgan fingerprint density at radius 3 is 1.64 bits per heavy atom. The van der Waals surface area contributed by atoms with Crippen LogP contribution in [-0.4, -0.2) is 18.6 Å². The Labute approximate surface area is 138 Å². The first-order valence-corrected chi connectivity index (χ1v) is 11.4. The normalized spacial score (nSPS) is 17.3. The lowest BCUT2D eigenvalue weighted by Gasteiger charge is -2.25. The standard InChI is InChI=1S/C19H37O2P/c1-5-9-12-18(7-3)16-22(21,15-11-14-20)17-19(8-4)13-10-6-2/h11,14-15,18-19H,5-10,12-13,16-17H2,1-4H3. The van der Waals surface area contributed by atoms with Gasteiger partial charge in [0, 0.05) is 12.3 Å². The van der Waals surface area contributed by atoms with Crippen molar-refractivity contribution in [2.45, 2.75) is 79.1 Å². The highest BCUT2D eigenvalue weighted by atomic mass is 31.2. The maximum Gasteiger partial charge on any atom is 0.142 e. The van der Waals surface area contributed by atoms with Gasteiger partial charge in [0.25, 0.3) is 0 Å². The molecule has 0 N–H and O–H groups in total. The Bertz CT molecular complexity index is 327. The fourth-order valence-corrected chi connectivity index (χ4v) is 6.50. The molecule has 0 bridgehead atoms. The van der Waals surface area contributed by atoms with E-state index in [0.717, 1.165) is 44.3 Å². The van der Waals surface area contributed by atoms with Gasteiger partial charge in [-0.3, -0.25) is 4.79 Å². The minimum atomic E-state index is -2.37. The van der Waals surface area contributed by atoms with Crippen LogP contribution in [0.3, 0.4) is 0 Å². The van der Waals surface area contributed by atoms with Crippen LogP contribution in [0.15, 0.2) is 11.9 Å². The number of hydrogen-bond donors (Lipinski definition) is 0. The largest absolute Gasteiger partial charge is 0.319 e. The van der Waals surface area contributed by atoms with Gasteiger partial charge in [-0.2, -0.15) is 0 Å². The van der Waals surface area contributed by atoms with Crippen LogP contribution in [0, 0.1) is 11.8 Å². The van der Waals surface area contributed by atoms with E-state index in [1.165, 1.54) is 31.8 Å². The maximum absolute atomic E-state index is 13.4. The summed E-state index contributed by atoms with van der Waals surface area (Å²) >= 11 is 0. The summed E-state index contributed by atoms with van der Waals surface area (Å²) in [6, 6.07) is 0. The van der Waals surface area contributed by atoms with Gasteiger partial charge in [-0.1, -0.05) is 79.1 Å². The van der Waals surface area contributed by atoms with Crippen LogP contribution in [-0.2, 0) is 9.36 Å². The average Bonchev–Trinajstić information content (AvgIpc) is 2.53. The molecule has 0 amide bonds. The predicted octanol–water partition coefficient (Wildman–Crippen LogP) is 6.49. The Kier molecular flexibility index (Phi) is 12.9. The van der Waals surface area contributed by atoms with Crippen LogP contribution >= 0.6 is 7.14 Å².